The molecule has 126 valence electrons. The van der Waals surface area contributed by atoms with Crippen LogP contribution in [0, 0.1) is 18.3 Å². The molecule has 0 radical (unpaired) electrons. The molecule has 0 amide bonds. The zero-order valence-corrected chi connectivity index (χ0v) is 15.1. The number of aromatic nitrogens is 3. The lowest BCUT2D eigenvalue weighted by atomic mass is 10.1. The minimum Gasteiger partial charge on any atom is -0.332 e. The maximum atomic E-state index is 9.27. The first-order valence-corrected chi connectivity index (χ1v) is 8.69. The maximum Gasteiger partial charge on any atom is 0.185 e. The second-order valence-corrected chi connectivity index (χ2v) is 6.31. The molecule has 25 heavy (non-hydrogen) atoms. The van der Waals surface area contributed by atoms with E-state index >= 15 is 0 Å². The third-order valence-electron chi connectivity index (χ3n) is 4.08. The first kappa shape index (κ1) is 17.1. The van der Waals surface area contributed by atoms with Crippen molar-refractivity contribution in [1.29, 1.82) is 5.26 Å². The largest absolute Gasteiger partial charge is 0.332 e. The molecule has 0 aliphatic carbocycles. The minimum absolute atomic E-state index is 0.322. The number of nitrogens with one attached hydrogen (secondary N) is 1. The molecule has 0 bridgehead atoms. The van der Waals surface area contributed by atoms with Gasteiger partial charge in [0.05, 0.1) is 0 Å². The summed E-state index contributed by atoms with van der Waals surface area (Å²) in [5.41, 5.74) is 3.91. The van der Waals surface area contributed by atoms with Crippen LogP contribution in [-0.4, -0.2) is 19.4 Å². The number of thiocarbonyl (C=S) groups is 1. The van der Waals surface area contributed by atoms with Gasteiger partial charge in [0.1, 0.15) is 23.2 Å². The summed E-state index contributed by atoms with van der Waals surface area (Å²) in [7, 11) is 0. The number of aryl methyl sites for hydroxylation is 2. The van der Waals surface area contributed by atoms with Gasteiger partial charge in [0.2, 0.25) is 0 Å². The Balaban J connectivity index is 2.02. The summed E-state index contributed by atoms with van der Waals surface area (Å²) < 4.78 is 1.78. The van der Waals surface area contributed by atoms with E-state index in [2.05, 4.69) is 28.3 Å². The Bertz CT molecular complexity index is 968. The van der Waals surface area contributed by atoms with Crippen LogP contribution in [0.4, 0.5) is 5.82 Å². The Hall–Kier alpha value is -2.78. The van der Waals surface area contributed by atoms with Crippen LogP contribution in [0.3, 0.4) is 0 Å². The number of benzene rings is 1. The van der Waals surface area contributed by atoms with Crippen LogP contribution in [-0.2, 0) is 6.42 Å². The van der Waals surface area contributed by atoms with Crippen molar-refractivity contribution in [3.05, 3.63) is 59.2 Å². The lowest BCUT2D eigenvalue weighted by Crippen LogP contribution is -2.15. The van der Waals surface area contributed by atoms with Crippen molar-refractivity contribution >= 4 is 28.7 Å². The van der Waals surface area contributed by atoms with Gasteiger partial charge in [-0.05, 0) is 25.3 Å². The molecule has 6 heteroatoms. The van der Waals surface area contributed by atoms with Crippen molar-refractivity contribution in [3.63, 3.8) is 0 Å². The van der Waals surface area contributed by atoms with E-state index < -0.39 is 0 Å². The average molecular weight is 349 g/mol. The summed E-state index contributed by atoms with van der Waals surface area (Å²) in [6.45, 7) is 4.17. The number of imidazole rings is 1. The van der Waals surface area contributed by atoms with Gasteiger partial charge in [0.25, 0.3) is 0 Å². The third-order valence-corrected chi connectivity index (χ3v) is 4.40. The van der Waals surface area contributed by atoms with Gasteiger partial charge in [-0.2, -0.15) is 5.26 Å². The highest BCUT2D eigenvalue weighted by Crippen LogP contribution is 2.19. The van der Waals surface area contributed by atoms with E-state index in [-0.39, 0.29) is 0 Å². The Kier molecular flexibility index (Phi) is 5.05. The molecule has 0 atom stereocenters. The van der Waals surface area contributed by atoms with Gasteiger partial charge in [0, 0.05) is 17.3 Å². The van der Waals surface area contributed by atoms with E-state index in [1.54, 1.807) is 10.7 Å². The minimum atomic E-state index is 0.322. The standard InChI is InChI=1S/C19H19N5S/c1-3-4-8-14-10-17(24-12-21-16(11-20)18(24)22-14)23-19(25)15-9-6-5-7-13(15)2/h5-7,9-10,12H,3-4,8H2,1-2H3,(H,23,25). The van der Waals surface area contributed by atoms with Gasteiger partial charge < -0.3 is 5.32 Å². The molecule has 0 spiro atoms. The van der Waals surface area contributed by atoms with E-state index in [1.807, 2.05) is 37.3 Å². The molecule has 0 saturated heterocycles. The van der Waals surface area contributed by atoms with Crippen LogP contribution in [0.2, 0.25) is 0 Å². The molecule has 2 aromatic heterocycles. The van der Waals surface area contributed by atoms with Crippen molar-refractivity contribution in [3.8, 4) is 6.07 Å². The van der Waals surface area contributed by atoms with Crippen molar-refractivity contribution in [1.82, 2.24) is 14.4 Å². The predicted molar refractivity (Wildman–Crippen MR) is 103 cm³/mol. The first-order chi connectivity index (χ1) is 12.1. The van der Waals surface area contributed by atoms with Crippen molar-refractivity contribution < 1.29 is 0 Å². The van der Waals surface area contributed by atoms with Crippen LogP contribution < -0.4 is 5.32 Å². The van der Waals surface area contributed by atoms with E-state index in [0.717, 1.165) is 41.9 Å². The number of nitrogens with zero attached hydrogens (tertiary/aromatic N) is 4. The van der Waals surface area contributed by atoms with Gasteiger partial charge in [-0.3, -0.25) is 4.40 Å². The molecule has 1 aromatic carbocycles. The summed E-state index contributed by atoms with van der Waals surface area (Å²) in [4.78, 5) is 9.38. The van der Waals surface area contributed by atoms with Crippen LogP contribution in [0.1, 0.15) is 42.3 Å². The number of fused-ring (bicyclic) bond motifs is 1. The Labute approximate surface area is 152 Å². The number of anilines is 1. The summed E-state index contributed by atoms with van der Waals surface area (Å²) in [6, 6.07) is 12.1. The molecule has 0 unspecified atom stereocenters. The van der Waals surface area contributed by atoms with Gasteiger partial charge in [-0.25, -0.2) is 9.97 Å². The van der Waals surface area contributed by atoms with Crippen LogP contribution >= 0.6 is 12.2 Å². The SMILES string of the molecule is CCCCc1cc(NC(=S)c2ccccc2C)n2cnc(C#N)c2n1. The number of hydrogen-bond donors (Lipinski definition) is 1. The highest BCUT2D eigenvalue weighted by molar-refractivity contribution is 7.81. The molecule has 3 aromatic rings. The van der Waals surface area contributed by atoms with Crippen molar-refractivity contribution in [2.75, 3.05) is 5.32 Å². The lowest BCUT2D eigenvalue weighted by Gasteiger charge is -2.13. The maximum absolute atomic E-state index is 9.27. The van der Waals surface area contributed by atoms with Gasteiger partial charge >= 0.3 is 0 Å². The second kappa shape index (κ2) is 7.41. The summed E-state index contributed by atoms with van der Waals surface area (Å²) in [5.74, 6) is 0.776. The van der Waals surface area contributed by atoms with Crippen LogP contribution in [0.25, 0.3) is 5.65 Å². The monoisotopic (exact) mass is 349 g/mol. The van der Waals surface area contributed by atoms with E-state index in [9.17, 15) is 5.26 Å². The Morgan fingerprint density at radius 2 is 2.16 bits per heavy atom. The molecule has 5 nitrogen and oxygen atoms in total. The third kappa shape index (κ3) is 3.52. The zero-order valence-electron chi connectivity index (χ0n) is 14.3. The molecule has 0 aliphatic heterocycles. The van der Waals surface area contributed by atoms with Crippen LogP contribution in [0.15, 0.2) is 36.7 Å². The van der Waals surface area contributed by atoms with Gasteiger partial charge in [0.15, 0.2) is 11.3 Å². The zero-order chi connectivity index (χ0) is 17.8. The fourth-order valence-electron chi connectivity index (χ4n) is 2.69. The number of nitriles is 1. The molecule has 2 heterocycles. The highest BCUT2D eigenvalue weighted by atomic mass is 32.1. The van der Waals surface area contributed by atoms with Crippen molar-refractivity contribution in [2.24, 2.45) is 0 Å². The van der Waals surface area contributed by atoms with E-state index in [0.29, 0.717) is 16.3 Å². The molecular formula is C19H19N5S. The van der Waals surface area contributed by atoms with E-state index in [1.165, 1.54) is 0 Å². The van der Waals surface area contributed by atoms with Gasteiger partial charge in [-0.15, -0.1) is 0 Å². The molecule has 0 saturated carbocycles. The fraction of sp³-hybridized carbons (Fsp3) is 0.263. The fourth-order valence-corrected chi connectivity index (χ4v) is 3.03. The highest BCUT2D eigenvalue weighted by Gasteiger charge is 2.13. The normalized spacial score (nSPS) is 10.6. The average Bonchev–Trinajstić information content (AvgIpc) is 3.03. The summed E-state index contributed by atoms with van der Waals surface area (Å²) >= 11 is 5.59. The lowest BCUT2D eigenvalue weighted by molar-refractivity contribution is 0.776. The summed E-state index contributed by atoms with van der Waals surface area (Å²) in [6.07, 6.45) is 4.59. The molecular weight excluding hydrogens is 330 g/mol. The number of rotatable bonds is 5. The first-order valence-electron chi connectivity index (χ1n) is 8.28. The van der Waals surface area contributed by atoms with Crippen molar-refractivity contribution in [2.45, 2.75) is 33.1 Å². The molecule has 0 fully saturated rings. The summed E-state index contributed by atoms with van der Waals surface area (Å²) in [5, 5.41) is 12.6. The Morgan fingerprint density at radius 3 is 2.88 bits per heavy atom. The van der Waals surface area contributed by atoms with Crippen LogP contribution in [0.5, 0.6) is 0 Å². The van der Waals surface area contributed by atoms with Gasteiger partial charge in [-0.1, -0.05) is 49.8 Å². The number of hydrogen-bond acceptors (Lipinski definition) is 4. The quantitative estimate of drug-likeness (QED) is 0.704. The number of unbranched alkanes of at least 4 members (excludes halogenated alkanes) is 1. The topological polar surface area (TPSA) is 66.0 Å². The molecule has 0 aliphatic rings. The predicted octanol–water partition coefficient (Wildman–Crippen LogP) is 4.04. The Morgan fingerprint density at radius 1 is 1.36 bits per heavy atom. The van der Waals surface area contributed by atoms with E-state index in [4.69, 9.17) is 12.2 Å². The second-order valence-electron chi connectivity index (χ2n) is 5.90. The molecule has 1 N–H and O–H groups in total. The smallest absolute Gasteiger partial charge is 0.185 e. The molecule has 3 rings (SSSR count).